The van der Waals surface area contributed by atoms with E-state index in [0.717, 1.165) is 19.3 Å². The van der Waals surface area contributed by atoms with Crippen LogP contribution in [0.4, 0.5) is 11.4 Å². The van der Waals surface area contributed by atoms with Crippen molar-refractivity contribution >= 4 is 22.9 Å². The number of carbonyl (C=O) groups excluding carboxylic acids is 1. The van der Waals surface area contributed by atoms with Crippen molar-refractivity contribution in [2.45, 2.75) is 38.5 Å². The summed E-state index contributed by atoms with van der Waals surface area (Å²) >= 11 is 0. The van der Waals surface area contributed by atoms with Gasteiger partial charge in [0.05, 0.1) is 18.2 Å². The first-order valence-corrected chi connectivity index (χ1v) is 10.7. The SMILES string of the molecule is COc1cc(NC=C(C#N)c2nn[nH]n2)ccc1NC(=O)C12CC3CC(CC(C3)C1)C2. The van der Waals surface area contributed by atoms with Crippen LogP contribution in [-0.2, 0) is 4.79 Å². The van der Waals surface area contributed by atoms with E-state index in [-0.39, 0.29) is 22.7 Å². The van der Waals surface area contributed by atoms with Gasteiger partial charge in [-0.25, -0.2) is 0 Å². The summed E-state index contributed by atoms with van der Waals surface area (Å²) in [6, 6.07) is 7.48. The lowest BCUT2D eigenvalue weighted by atomic mass is 9.49. The van der Waals surface area contributed by atoms with Crippen molar-refractivity contribution in [1.29, 1.82) is 5.26 Å². The fourth-order valence-corrected chi connectivity index (χ4v) is 6.11. The van der Waals surface area contributed by atoms with Crippen molar-refractivity contribution in [3.05, 3.63) is 30.2 Å². The van der Waals surface area contributed by atoms with Gasteiger partial charge in [0, 0.05) is 18.0 Å². The molecule has 9 heteroatoms. The van der Waals surface area contributed by atoms with Crippen LogP contribution in [-0.4, -0.2) is 33.6 Å². The Balaban J connectivity index is 1.32. The largest absolute Gasteiger partial charge is 0.494 e. The molecule has 31 heavy (non-hydrogen) atoms. The van der Waals surface area contributed by atoms with Crippen molar-refractivity contribution in [2.24, 2.45) is 23.2 Å². The number of nitriles is 1. The van der Waals surface area contributed by atoms with E-state index < -0.39 is 0 Å². The Morgan fingerprint density at radius 1 is 1.26 bits per heavy atom. The fraction of sp³-hybridized carbons (Fsp3) is 0.500. The number of anilines is 2. The van der Waals surface area contributed by atoms with E-state index >= 15 is 0 Å². The zero-order valence-electron chi connectivity index (χ0n) is 17.4. The Labute approximate surface area is 180 Å². The van der Waals surface area contributed by atoms with E-state index in [9.17, 15) is 10.1 Å². The minimum Gasteiger partial charge on any atom is -0.494 e. The summed E-state index contributed by atoms with van der Waals surface area (Å²) < 4.78 is 5.53. The van der Waals surface area contributed by atoms with Crippen LogP contribution >= 0.6 is 0 Å². The van der Waals surface area contributed by atoms with Crippen molar-refractivity contribution in [3.8, 4) is 11.8 Å². The number of aromatic amines is 1. The molecule has 0 spiro atoms. The molecule has 1 aromatic carbocycles. The molecule has 0 aliphatic heterocycles. The molecule has 1 aromatic heterocycles. The van der Waals surface area contributed by atoms with Gasteiger partial charge in [-0.1, -0.05) is 0 Å². The van der Waals surface area contributed by atoms with Gasteiger partial charge in [0.2, 0.25) is 11.7 Å². The highest BCUT2D eigenvalue weighted by atomic mass is 16.5. The average Bonchev–Trinajstić information content (AvgIpc) is 3.29. The van der Waals surface area contributed by atoms with Crippen molar-refractivity contribution < 1.29 is 9.53 Å². The van der Waals surface area contributed by atoms with Gasteiger partial charge in [-0.3, -0.25) is 4.79 Å². The molecule has 6 rings (SSSR count). The minimum absolute atomic E-state index is 0.134. The summed E-state index contributed by atoms with van der Waals surface area (Å²) in [5, 5.41) is 28.9. The Kier molecular flexibility index (Phi) is 4.85. The highest BCUT2D eigenvalue weighted by Gasteiger charge is 2.54. The number of nitrogens with zero attached hydrogens (tertiary/aromatic N) is 4. The molecule has 2 aromatic rings. The number of aromatic nitrogens is 4. The summed E-state index contributed by atoms with van der Waals surface area (Å²) in [5.41, 5.74) is 1.40. The molecular weight excluding hydrogens is 394 g/mol. The molecule has 160 valence electrons. The maximum Gasteiger partial charge on any atom is 0.230 e. The number of nitrogens with one attached hydrogen (secondary N) is 3. The molecule has 4 bridgehead atoms. The predicted molar refractivity (Wildman–Crippen MR) is 114 cm³/mol. The first-order valence-electron chi connectivity index (χ1n) is 10.7. The topological polar surface area (TPSA) is 129 Å². The maximum atomic E-state index is 13.4. The molecule has 1 amide bonds. The second-order valence-electron chi connectivity index (χ2n) is 9.12. The summed E-state index contributed by atoms with van der Waals surface area (Å²) in [7, 11) is 1.58. The Morgan fingerprint density at radius 3 is 2.55 bits per heavy atom. The van der Waals surface area contributed by atoms with Crippen LogP contribution in [0.15, 0.2) is 24.4 Å². The zero-order chi connectivity index (χ0) is 21.4. The van der Waals surface area contributed by atoms with Gasteiger partial charge < -0.3 is 15.4 Å². The number of hydrogen-bond acceptors (Lipinski definition) is 7. The molecule has 0 unspecified atom stereocenters. The zero-order valence-corrected chi connectivity index (χ0v) is 17.4. The number of carbonyl (C=O) groups is 1. The highest BCUT2D eigenvalue weighted by Crippen LogP contribution is 2.60. The minimum atomic E-state index is -0.217. The van der Waals surface area contributed by atoms with Gasteiger partial charge >= 0.3 is 0 Å². The number of hydrogen-bond donors (Lipinski definition) is 3. The van der Waals surface area contributed by atoms with E-state index in [4.69, 9.17) is 4.74 Å². The van der Waals surface area contributed by atoms with Crippen LogP contribution < -0.4 is 15.4 Å². The van der Waals surface area contributed by atoms with Gasteiger partial charge in [0.1, 0.15) is 17.4 Å². The van der Waals surface area contributed by atoms with Crippen molar-refractivity contribution in [3.63, 3.8) is 0 Å². The number of benzene rings is 1. The number of methoxy groups -OCH3 is 1. The van der Waals surface area contributed by atoms with E-state index in [0.29, 0.717) is 34.9 Å². The Bertz CT molecular complexity index is 1020. The molecule has 9 nitrogen and oxygen atoms in total. The second-order valence-corrected chi connectivity index (χ2v) is 9.12. The molecule has 0 saturated heterocycles. The summed E-state index contributed by atoms with van der Waals surface area (Å²) in [6.45, 7) is 0. The van der Waals surface area contributed by atoms with Crippen molar-refractivity contribution in [2.75, 3.05) is 17.7 Å². The molecule has 1 heterocycles. The standard InChI is InChI=1S/C22H25N7O2/c1-31-19-7-17(24-12-16(11-23)20-26-28-29-27-20)2-3-18(19)25-21(30)22-8-13-4-14(9-22)6-15(5-13)10-22/h2-3,7,12-15,24H,4-6,8-10H2,1H3,(H,25,30)(H,26,27,28,29). The van der Waals surface area contributed by atoms with Gasteiger partial charge in [-0.05, 0) is 73.6 Å². The van der Waals surface area contributed by atoms with Gasteiger partial charge in [0.15, 0.2) is 0 Å². The molecule has 3 N–H and O–H groups in total. The molecule has 4 aliphatic carbocycles. The number of allylic oxidation sites excluding steroid dienone is 1. The Hall–Kier alpha value is -3.41. The van der Waals surface area contributed by atoms with Crippen LogP contribution in [0.25, 0.3) is 5.57 Å². The van der Waals surface area contributed by atoms with E-state index in [1.165, 1.54) is 25.5 Å². The highest BCUT2D eigenvalue weighted by molar-refractivity contribution is 5.97. The maximum absolute atomic E-state index is 13.4. The predicted octanol–water partition coefficient (Wildman–Crippen LogP) is 3.34. The molecule has 0 atom stereocenters. The number of ether oxygens (including phenoxy) is 1. The van der Waals surface area contributed by atoms with E-state index in [1.807, 2.05) is 18.2 Å². The third kappa shape index (κ3) is 3.63. The molecule has 4 saturated carbocycles. The monoisotopic (exact) mass is 419 g/mol. The molecular formula is C22H25N7O2. The second kappa shape index (κ2) is 7.69. The number of H-pyrrole nitrogens is 1. The number of tetrazole rings is 1. The third-order valence-corrected chi connectivity index (χ3v) is 7.06. The quantitative estimate of drug-likeness (QED) is 0.613. The van der Waals surface area contributed by atoms with Crippen LogP contribution in [0.2, 0.25) is 0 Å². The van der Waals surface area contributed by atoms with Crippen LogP contribution in [0.3, 0.4) is 0 Å². The molecule has 4 aliphatic rings. The first kappa shape index (κ1) is 19.5. The van der Waals surface area contributed by atoms with Crippen LogP contribution in [0, 0.1) is 34.5 Å². The first-order chi connectivity index (χ1) is 15.1. The van der Waals surface area contributed by atoms with Gasteiger partial charge in [0.25, 0.3) is 0 Å². The number of rotatable bonds is 6. The summed E-state index contributed by atoms with van der Waals surface area (Å²) in [4.78, 5) is 13.4. The summed E-state index contributed by atoms with van der Waals surface area (Å²) in [6.07, 6.45) is 8.47. The van der Waals surface area contributed by atoms with Gasteiger partial charge in [-0.15, -0.1) is 10.2 Å². The fourth-order valence-electron chi connectivity index (χ4n) is 6.11. The average molecular weight is 419 g/mol. The van der Waals surface area contributed by atoms with E-state index in [1.54, 1.807) is 13.2 Å². The lowest BCUT2D eigenvalue weighted by Gasteiger charge is -2.55. The van der Waals surface area contributed by atoms with Crippen LogP contribution in [0.1, 0.15) is 44.3 Å². The van der Waals surface area contributed by atoms with Crippen LogP contribution in [0.5, 0.6) is 5.75 Å². The smallest absolute Gasteiger partial charge is 0.230 e. The third-order valence-electron chi connectivity index (χ3n) is 7.06. The lowest BCUT2D eigenvalue weighted by molar-refractivity contribution is -0.140. The van der Waals surface area contributed by atoms with E-state index in [2.05, 4.69) is 31.3 Å². The molecule has 4 fully saturated rings. The van der Waals surface area contributed by atoms with Crippen molar-refractivity contribution in [1.82, 2.24) is 20.6 Å². The number of amides is 1. The lowest BCUT2D eigenvalue weighted by Crippen LogP contribution is -2.51. The molecule has 0 radical (unpaired) electrons. The summed E-state index contributed by atoms with van der Waals surface area (Å²) in [5.74, 6) is 3.05. The Morgan fingerprint density at radius 2 is 1.97 bits per heavy atom. The van der Waals surface area contributed by atoms with Gasteiger partial charge in [-0.2, -0.15) is 10.5 Å². The normalized spacial score (nSPS) is 28.8.